The highest BCUT2D eigenvalue weighted by Crippen LogP contribution is 2.39. The standard InChI is InChI=1S/C13H14ClN3OS/c1-19-12-9(14)3-2-4-10(12)15-7-11-16-17-13(18-11)8-5-6-8/h2-4,8,15H,5-7H2,1H3. The average Bonchev–Trinajstić information content (AvgIpc) is 3.16. The van der Waals surface area contributed by atoms with E-state index in [0.717, 1.165) is 21.5 Å². The van der Waals surface area contributed by atoms with E-state index in [2.05, 4.69) is 15.5 Å². The van der Waals surface area contributed by atoms with Gasteiger partial charge in [0.15, 0.2) is 0 Å². The molecule has 2 aromatic rings. The number of nitrogens with one attached hydrogen (secondary N) is 1. The number of benzene rings is 1. The Morgan fingerprint density at radius 2 is 2.26 bits per heavy atom. The lowest BCUT2D eigenvalue weighted by Crippen LogP contribution is -2.01. The second kappa shape index (κ2) is 5.43. The Balaban J connectivity index is 1.69. The summed E-state index contributed by atoms with van der Waals surface area (Å²) < 4.78 is 5.61. The van der Waals surface area contributed by atoms with Gasteiger partial charge < -0.3 is 9.73 Å². The van der Waals surface area contributed by atoms with Gasteiger partial charge in [-0.05, 0) is 31.2 Å². The lowest BCUT2D eigenvalue weighted by atomic mass is 10.3. The van der Waals surface area contributed by atoms with Crippen LogP contribution in [0, 0.1) is 0 Å². The predicted molar refractivity (Wildman–Crippen MR) is 76.8 cm³/mol. The van der Waals surface area contributed by atoms with E-state index in [9.17, 15) is 0 Å². The van der Waals surface area contributed by atoms with Crippen LogP contribution in [0.3, 0.4) is 0 Å². The van der Waals surface area contributed by atoms with Crippen LogP contribution in [0.4, 0.5) is 5.69 Å². The molecule has 4 nitrogen and oxygen atoms in total. The van der Waals surface area contributed by atoms with Gasteiger partial charge in [-0.1, -0.05) is 17.7 Å². The molecule has 1 fully saturated rings. The normalized spacial score (nSPS) is 14.6. The molecule has 1 aliphatic carbocycles. The molecule has 19 heavy (non-hydrogen) atoms. The molecule has 1 saturated carbocycles. The van der Waals surface area contributed by atoms with Crippen LogP contribution in [-0.2, 0) is 6.54 Å². The third kappa shape index (κ3) is 2.87. The summed E-state index contributed by atoms with van der Waals surface area (Å²) in [5, 5.41) is 12.2. The maximum Gasteiger partial charge on any atom is 0.235 e. The number of rotatable bonds is 5. The third-order valence-electron chi connectivity index (χ3n) is 3.01. The number of anilines is 1. The number of aromatic nitrogens is 2. The molecule has 0 unspecified atom stereocenters. The summed E-state index contributed by atoms with van der Waals surface area (Å²) >= 11 is 7.77. The van der Waals surface area contributed by atoms with E-state index in [1.807, 2.05) is 24.5 Å². The Bertz CT molecular complexity index is 583. The smallest absolute Gasteiger partial charge is 0.235 e. The number of hydrogen-bond donors (Lipinski definition) is 1. The van der Waals surface area contributed by atoms with Gasteiger partial charge in [-0.3, -0.25) is 0 Å². The van der Waals surface area contributed by atoms with E-state index in [1.54, 1.807) is 11.8 Å². The van der Waals surface area contributed by atoms with Crippen LogP contribution in [-0.4, -0.2) is 16.5 Å². The molecule has 1 heterocycles. The fraction of sp³-hybridized carbons (Fsp3) is 0.385. The first kappa shape index (κ1) is 12.8. The van der Waals surface area contributed by atoms with Gasteiger partial charge >= 0.3 is 0 Å². The molecule has 0 radical (unpaired) electrons. The molecular weight excluding hydrogens is 282 g/mol. The Hall–Kier alpha value is -1.20. The first-order valence-electron chi connectivity index (χ1n) is 6.16. The SMILES string of the molecule is CSc1c(Cl)cccc1NCc1nnc(C2CC2)o1. The summed E-state index contributed by atoms with van der Waals surface area (Å²) in [6.07, 6.45) is 4.34. The molecule has 6 heteroatoms. The zero-order valence-corrected chi connectivity index (χ0v) is 12.1. The second-order valence-electron chi connectivity index (χ2n) is 4.48. The molecular formula is C13H14ClN3OS. The van der Waals surface area contributed by atoms with Crippen molar-refractivity contribution in [1.29, 1.82) is 0 Å². The van der Waals surface area contributed by atoms with Gasteiger partial charge in [0.05, 0.1) is 11.6 Å². The molecule has 0 aliphatic heterocycles. The van der Waals surface area contributed by atoms with E-state index < -0.39 is 0 Å². The zero-order chi connectivity index (χ0) is 13.2. The Morgan fingerprint density at radius 3 is 3.00 bits per heavy atom. The first-order chi connectivity index (χ1) is 9.28. The van der Waals surface area contributed by atoms with E-state index in [-0.39, 0.29) is 0 Å². The van der Waals surface area contributed by atoms with Gasteiger partial charge in [-0.2, -0.15) is 0 Å². The summed E-state index contributed by atoms with van der Waals surface area (Å²) in [5.41, 5.74) is 0.992. The van der Waals surface area contributed by atoms with E-state index in [0.29, 0.717) is 18.4 Å². The summed E-state index contributed by atoms with van der Waals surface area (Å²) in [6.45, 7) is 0.521. The minimum Gasteiger partial charge on any atom is -0.423 e. The average molecular weight is 296 g/mol. The highest BCUT2D eigenvalue weighted by atomic mass is 35.5. The Kier molecular flexibility index (Phi) is 3.66. The Morgan fingerprint density at radius 1 is 1.42 bits per heavy atom. The van der Waals surface area contributed by atoms with Crippen molar-refractivity contribution in [3.05, 3.63) is 35.0 Å². The number of halogens is 1. The van der Waals surface area contributed by atoms with Crippen molar-refractivity contribution in [3.63, 3.8) is 0 Å². The molecule has 100 valence electrons. The molecule has 0 amide bonds. The van der Waals surface area contributed by atoms with Crippen molar-refractivity contribution in [2.45, 2.75) is 30.2 Å². The third-order valence-corrected chi connectivity index (χ3v) is 4.29. The van der Waals surface area contributed by atoms with Gasteiger partial charge in [0.1, 0.15) is 0 Å². The van der Waals surface area contributed by atoms with Crippen LogP contribution >= 0.6 is 23.4 Å². The molecule has 1 aromatic carbocycles. The van der Waals surface area contributed by atoms with Crippen molar-refractivity contribution in [2.24, 2.45) is 0 Å². The van der Waals surface area contributed by atoms with E-state index >= 15 is 0 Å². The van der Waals surface area contributed by atoms with Crippen LogP contribution in [0.1, 0.15) is 30.5 Å². The summed E-state index contributed by atoms with van der Waals surface area (Å²) in [6, 6.07) is 5.81. The van der Waals surface area contributed by atoms with Crippen LogP contribution in [0.2, 0.25) is 5.02 Å². The summed E-state index contributed by atoms with van der Waals surface area (Å²) in [5.74, 6) is 1.89. The van der Waals surface area contributed by atoms with Gasteiger partial charge in [-0.25, -0.2) is 0 Å². The molecule has 1 N–H and O–H groups in total. The minimum atomic E-state index is 0.495. The largest absolute Gasteiger partial charge is 0.423 e. The number of thioether (sulfide) groups is 1. The van der Waals surface area contributed by atoms with Crippen LogP contribution in [0.5, 0.6) is 0 Å². The molecule has 0 bridgehead atoms. The maximum atomic E-state index is 6.15. The monoisotopic (exact) mass is 295 g/mol. The first-order valence-corrected chi connectivity index (χ1v) is 7.77. The van der Waals surface area contributed by atoms with Crippen molar-refractivity contribution >= 4 is 29.1 Å². The van der Waals surface area contributed by atoms with Gasteiger partial charge in [0.2, 0.25) is 11.8 Å². The highest BCUT2D eigenvalue weighted by Gasteiger charge is 2.29. The lowest BCUT2D eigenvalue weighted by Gasteiger charge is -2.09. The van der Waals surface area contributed by atoms with Gasteiger partial charge in [-0.15, -0.1) is 22.0 Å². The van der Waals surface area contributed by atoms with Crippen molar-refractivity contribution in [3.8, 4) is 0 Å². The van der Waals surface area contributed by atoms with E-state index in [1.165, 1.54) is 12.8 Å². The molecule has 0 spiro atoms. The Labute approximate surface area is 120 Å². The van der Waals surface area contributed by atoms with Crippen LogP contribution < -0.4 is 5.32 Å². The molecule has 3 rings (SSSR count). The lowest BCUT2D eigenvalue weighted by molar-refractivity contribution is 0.457. The van der Waals surface area contributed by atoms with Crippen LogP contribution in [0.15, 0.2) is 27.5 Å². The van der Waals surface area contributed by atoms with Crippen molar-refractivity contribution < 1.29 is 4.42 Å². The quantitative estimate of drug-likeness (QED) is 0.847. The van der Waals surface area contributed by atoms with E-state index in [4.69, 9.17) is 16.0 Å². The van der Waals surface area contributed by atoms with Gasteiger partial charge in [0.25, 0.3) is 0 Å². The number of hydrogen-bond acceptors (Lipinski definition) is 5. The fourth-order valence-electron chi connectivity index (χ4n) is 1.86. The molecule has 1 aliphatic rings. The van der Waals surface area contributed by atoms with Crippen molar-refractivity contribution in [1.82, 2.24) is 10.2 Å². The van der Waals surface area contributed by atoms with Crippen molar-refractivity contribution in [2.75, 3.05) is 11.6 Å². The molecule has 1 aromatic heterocycles. The number of nitrogens with zero attached hydrogens (tertiary/aromatic N) is 2. The highest BCUT2D eigenvalue weighted by molar-refractivity contribution is 7.98. The molecule has 0 saturated heterocycles. The summed E-state index contributed by atoms with van der Waals surface area (Å²) in [4.78, 5) is 1.03. The maximum absolute atomic E-state index is 6.15. The van der Waals surface area contributed by atoms with Gasteiger partial charge in [0, 0.05) is 16.5 Å². The minimum absolute atomic E-state index is 0.495. The molecule has 0 atom stereocenters. The summed E-state index contributed by atoms with van der Waals surface area (Å²) in [7, 11) is 0. The fourth-order valence-corrected chi connectivity index (χ4v) is 2.89. The second-order valence-corrected chi connectivity index (χ2v) is 5.71. The predicted octanol–water partition coefficient (Wildman–Crippen LogP) is 3.93. The van der Waals surface area contributed by atoms with Crippen LogP contribution in [0.25, 0.3) is 0 Å². The topological polar surface area (TPSA) is 51.0 Å². The zero-order valence-electron chi connectivity index (χ0n) is 10.5.